The van der Waals surface area contributed by atoms with E-state index in [0.29, 0.717) is 11.5 Å². The molecule has 1 aromatic carbocycles. The van der Waals surface area contributed by atoms with Crippen molar-refractivity contribution in [3.05, 3.63) is 35.1 Å². The van der Waals surface area contributed by atoms with E-state index >= 15 is 0 Å². The Labute approximate surface area is 112 Å². The highest BCUT2D eigenvalue weighted by atomic mass is 19.1. The second-order valence-corrected chi connectivity index (χ2v) is 5.22. The summed E-state index contributed by atoms with van der Waals surface area (Å²) >= 11 is 0. The summed E-state index contributed by atoms with van der Waals surface area (Å²) in [7, 11) is 0. The number of carboxylic acid groups (broad SMARTS) is 1. The van der Waals surface area contributed by atoms with E-state index in [0.717, 1.165) is 25.3 Å². The van der Waals surface area contributed by atoms with E-state index in [1.165, 1.54) is 18.6 Å². The first-order chi connectivity index (χ1) is 9.08. The Hall–Kier alpha value is -1.42. The summed E-state index contributed by atoms with van der Waals surface area (Å²) in [5.74, 6) is -1.15. The molecule has 1 aliphatic rings. The van der Waals surface area contributed by atoms with Crippen LogP contribution in [-0.4, -0.2) is 17.2 Å². The molecular weight excluding hydrogens is 247 g/mol. The van der Waals surface area contributed by atoms with Crippen LogP contribution in [0.25, 0.3) is 0 Å². The Balaban J connectivity index is 2.04. The summed E-state index contributed by atoms with van der Waals surface area (Å²) in [6.07, 6.45) is 4.74. The van der Waals surface area contributed by atoms with E-state index in [-0.39, 0.29) is 18.3 Å². The quantitative estimate of drug-likeness (QED) is 0.905. The van der Waals surface area contributed by atoms with Crippen molar-refractivity contribution in [1.29, 1.82) is 0 Å². The van der Waals surface area contributed by atoms with E-state index in [4.69, 9.17) is 9.84 Å². The van der Waals surface area contributed by atoms with E-state index in [2.05, 4.69) is 6.92 Å². The molecule has 0 aliphatic heterocycles. The van der Waals surface area contributed by atoms with Crippen molar-refractivity contribution in [2.75, 3.05) is 0 Å². The van der Waals surface area contributed by atoms with Gasteiger partial charge >= 0.3 is 5.97 Å². The van der Waals surface area contributed by atoms with E-state index < -0.39 is 11.8 Å². The molecule has 1 saturated carbocycles. The number of carbonyl (C=O) groups is 1. The fourth-order valence-electron chi connectivity index (χ4n) is 2.60. The lowest BCUT2D eigenvalue weighted by molar-refractivity contribution is -0.0158. The van der Waals surface area contributed by atoms with E-state index in [1.807, 2.05) is 0 Å². The van der Waals surface area contributed by atoms with Gasteiger partial charge in [-0.2, -0.15) is 0 Å². The van der Waals surface area contributed by atoms with Gasteiger partial charge in [-0.25, -0.2) is 9.18 Å². The van der Waals surface area contributed by atoms with Crippen molar-refractivity contribution in [2.24, 2.45) is 5.92 Å². The monoisotopic (exact) mass is 266 g/mol. The predicted molar refractivity (Wildman–Crippen MR) is 69.6 cm³/mol. The van der Waals surface area contributed by atoms with Gasteiger partial charge in [0, 0.05) is 0 Å². The lowest BCUT2D eigenvalue weighted by Gasteiger charge is -2.28. The highest BCUT2D eigenvalue weighted by molar-refractivity contribution is 5.89. The third-order valence-corrected chi connectivity index (χ3v) is 3.79. The molecule has 1 aliphatic carbocycles. The zero-order valence-electron chi connectivity index (χ0n) is 11.1. The Morgan fingerprint density at radius 3 is 2.84 bits per heavy atom. The highest BCUT2D eigenvalue weighted by Gasteiger charge is 2.22. The number of benzene rings is 1. The molecule has 19 heavy (non-hydrogen) atoms. The lowest BCUT2D eigenvalue weighted by Crippen LogP contribution is -2.25. The topological polar surface area (TPSA) is 46.5 Å². The normalized spacial score (nSPS) is 23.3. The molecule has 0 radical (unpaired) electrons. The smallest absolute Gasteiger partial charge is 0.336 e. The molecule has 0 bridgehead atoms. The van der Waals surface area contributed by atoms with Gasteiger partial charge in [-0.1, -0.05) is 25.8 Å². The zero-order chi connectivity index (χ0) is 13.8. The summed E-state index contributed by atoms with van der Waals surface area (Å²) in [6, 6.07) is 3.81. The number of rotatable bonds is 4. The largest absolute Gasteiger partial charge is 0.478 e. The molecule has 0 saturated heterocycles. The molecule has 0 amide bonds. The van der Waals surface area contributed by atoms with Crippen molar-refractivity contribution in [3.8, 4) is 0 Å². The maximum Gasteiger partial charge on any atom is 0.336 e. The first kappa shape index (κ1) is 14.0. The van der Waals surface area contributed by atoms with Crippen molar-refractivity contribution in [1.82, 2.24) is 0 Å². The molecule has 0 heterocycles. The molecular formula is C15H19FO3. The molecule has 1 N–H and O–H groups in total. The molecule has 3 nitrogen and oxygen atoms in total. The molecule has 4 heteroatoms. The van der Waals surface area contributed by atoms with Crippen LogP contribution in [0.4, 0.5) is 4.39 Å². The van der Waals surface area contributed by atoms with E-state index in [9.17, 15) is 9.18 Å². The summed E-state index contributed by atoms with van der Waals surface area (Å²) < 4.78 is 18.9. The van der Waals surface area contributed by atoms with Crippen molar-refractivity contribution < 1.29 is 19.0 Å². The summed E-state index contributed by atoms with van der Waals surface area (Å²) in [5, 5.41) is 9.06. The second-order valence-electron chi connectivity index (χ2n) is 5.22. The van der Waals surface area contributed by atoms with Gasteiger partial charge in [0.2, 0.25) is 0 Å². The maximum absolute atomic E-state index is 13.1. The Kier molecular flexibility index (Phi) is 4.53. The van der Waals surface area contributed by atoms with Crippen molar-refractivity contribution >= 4 is 5.97 Å². The number of ether oxygens (including phenoxy) is 1. The van der Waals surface area contributed by atoms with E-state index in [1.54, 1.807) is 0 Å². The van der Waals surface area contributed by atoms with Crippen LogP contribution in [0.15, 0.2) is 18.2 Å². The second kappa shape index (κ2) is 6.15. The van der Waals surface area contributed by atoms with Crippen molar-refractivity contribution in [2.45, 2.75) is 45.3 Å². The molecule has 1 aromatic rings. The van der Waals surface area contributed by atoms with Gasteiger partial charge in [-0.3, -0.25) is 0 Å². The molecule has 1 fully saturated rings. The zero-order valence-corrected chi connectivity index (χ0v) is 11.1. The molecule has 2 rings (SSSR count). The SMILES string of the molecule is CC1CCCCC1OCc1ccc(F)cc1C(=O)O. The summed E-state index contributed by atoms with van der Waals surface area (Å²) in [4.78, 5) is 11.1. The van der Waals surface area contributed by atoms with Crippen LogP contribution in [0.2, 0.25) is 0 Å². The number of halogens is 1. The fourth-order valence-corrected chi connectivity index (χ4v) is 2.60. The van der Waals surface area contributed by atoms with Gasteiger partial charge in [-0.15, -0.1) is 0 Å². The summed E-state index contributed by atoms with van der Waals surface area (Å²) in [5.41, 5.74) is 0.523. The van der Waals surface area contributed by atoms with Crippen LogP contribution in [0.5, 0.6) is 0 Å². The van der Waals surface area contributed by atoms with Gasteiger partial charge in [0.1, 0.15) is 5.82 Å². The Morgan fingerprint density at radius 1 is 1.42 bits per heavy atom. The average Bonchev–Trinajstić information content (AvgIpc) is 2.38. The van der Waals surface area contributed by atoms with Crippen LogP contribution in [0, 0.1) is 11.7 Å². The third kappa shape index (κ3) is 3.53. The summed E-state index contributed by atoms with van der Waals surface area (Å²) in [6.45, 7) is 2.39. The first-order valence-corrected chi connectivity index (χ1v) is 6.71. The van der Waals surface area contributed by atoms with Gasteiger partial charge in [-0.05, 0) is 36.5 Å². The number of aromatic carboxylic acids is 1. The number of hydrogen-bond acceptors (Lipinski definition) is 2. The average molecular weight is 266 g/mol. The third-order valence-electron chi connectivity index (χ3n) is 3.79. The highest BCUT2D eigenvalue weighted by Crippen LogP contribution is 2.27. The van der Waals surface area contributed by atoms with Gasteiger partial charge in [0.25, 0.3) is 0 Å². The minimum Gasteiger partial charge on any atom is -0.478 e. The lowest BCUT2D eigenvalue weighted by atomic mass is 9.88. The Morgan fingerprint density at radius 2 is 2.16 bits per heavy atom. The molecule has 2 unspecified atom stereocenters. The molecule has 0 aromatic heterocycles. The van der Waals surface area contributed by atoms with Crippen LogP contribution < -0.4 is 0 Å². The van der Waals surface area contributed by atoms with Crippen LogP contribution in [0.1, 0.15) is 48.5 Å². The fraction of sp³-hybridized carbons (Fsp3) is 0.533. The van der Waals surface area contributed by atoms with Crippen LogP contribution in [0.3, 0.4) is 0 Å². The molecule has 2 atom stereocenters. The predicted octanol–water partition coefficient (Wildman–Crippen LogP) is 3.62. The number of carboxylic acids is 1. The Bertz CT molecular complexity index is 459. The first-order valence-electron chi connectivity index (χ1n) is 6.71. The number of hydrogen-bond donors (Lipinski definition) is 1. The molecule has 104 valence electrons. The van der Waals surface area contributed by atoms with Gasteiger partial charge < -0.3 is 9.84 Å². The van der Waals surface area contributed by atoms with Crippen LogP contribution >= 0.6 is 0 Å². The molecule has 0 spiro atoms. The minimum atomic E-state index is -1.12. The standard InChI is InChI=1S/C15H19FO3/c1-10-4-2-3-5-14(10)19-9-11-6-7-12(16)8-13(11)15(17)18/h6-8,10,14H,2-5,9H2,1H3,(H,17,18). The van der Waals surface area contributed by atoms with Crippen LogP contribution in [-0.2, 0) is 11.3 Å². The minimum absolute atomic E-state index is 0.0107. The van der Waals surface area contributed by atoms with Crippen molar-refractivity contribution in [3.63, 3.8) is 0 Å². The van der Waals surface area contributed by atoms with Gasteiger partial charge in [0.05, 0.1) is 18.3 Å². The van der Waals surface area contributed by atoms with Gasteiger partial charge in [0.15, 0.2) is 0 Å². The maximum atomic E-state index is 13.1.